The second-order valence-electron chi connectivity index (χ2n) is 8.28. The summed E-state index contributed by atoms with van der Waals surface area (Å²) >= 11 is 0. The molecule has 0 radical (unpaired) electrons. The first-order valence-electron chi connectivity index (χ1n) is 10.7. The zero-order chi connectivity index (χ0) is 24.9. The Kier molecular flexibility index (Phi) is 7.80. The first-order chi connectivity index (χ1) is 16.1. The molecule has 0 saturated heterocycles. The number of alkyl carbamates (subject to hydrolysis) is 1. The number of carbonyl (C=O) groups is 3. The van der Waals surface area contributed by atoms with E-state index in [-0.39, 0.29) is 25.5 Å². The van der Waals surface area contributed by atoms with Crippen molar-refractivity contribution in [3.63, 3.8) is 0 Å². The topological polar surface area (TPSA) is 105 Å². The van der Waals surface area contributed by atoms with Crippen LogP contribution in [0.5, 0.6) is 0 Å². The second kappa shape index (κ2) is 10.6. The van der Waals surface area contributed by atoms with Crippen LogP contribution in [0.3, 0.4) is 0 Å². The highest BCUT2D eigenvalue weighted by Crippen LogP contribution is 2.44. The van der Waals surface area contributed by atoms with Gasteiger partial charge in [-0.3, -0.25) is 9.59 Å². The standard InChI is InChI=1S/C24H25F3N2O5/c1-14(10-21(30)29-20(11-22(31)32)24(25,26)27)12-28-23(33)34-13-19-17-8-4-2-6-15(17)16-7-3-5-9-18(16)19/h2-9,14,19-20H,10-13H2,1H3,(H,28,33)(H,29,30)(H,31,32). The highest BCUT2D eigenvalue weighted by Gasteiger charge is 2.42. The maximum absolute atomic E-state index is 12.9. The molecule has 3 rings (SSSR count). The van der Waals surface area contributed by atoms with Gasteiger partial charge in [-0.25, -0.2) is 4.79 Å². The first kappa shape index (κ1) is 25.1. The van der Waals surface area contributed by atoms with Gasteiger partial charge in [-0.1, -0.05) is 55.5 Å². The number of rotatable bonds is 9. The molecule has 2 aromatic carbocycles. The summed E-state index contributed by atoms with van der Waals surface area (Å²) in [6, 6.07) is 13.3. The van der Waals surface area contributed by atoms with Crippen molar-refractivity contribution < 1.29 is 37.4 Å². The number of hydrogen-bond donors (Lipinski definition) is 3. The SMILES string of the molecule is CC(CNC(=O)OCC1c2ccccc2-c2ccccc21)CC(=O)NC(CC(=O)O)C(F)(F)F. The van der Waals surface area contributed by atoms with Crippen molar-refractivity contribution in [1.82, 2.24) is 10.6 Å². The van der Waals surface area contributed by atoms with Crippen molar-refractivity contribution in [2.24, 2.45) is 5.92 Å². The second-order valence-corrected chi connectivity index (χ2v) is 8.28. The minimum Gasteiger partial charge on any atom is -0.481 e. The van der Waals surface area contributed by atoms with E-state index >= 15 is 0 Å². The monoisotopic (exact) mass is 478 g/mol. The zero-order valence-corrected chi connectivity index (χ0v) is 18.4. The Labute approximate surface area is 194 Å². The van der Waals surface area contributed by atoms with Crippen LogP contribution in [-0.2, 0) is 14.3 Å². The molecule has 0 aromatic heterocycles. The Morgan fingerprint density at radius 3 is 2.09 bits per heavy atom. The molecule has 7 nitrogen and oxygen atoms in total. The number of carboxylic acid groups (broad SMARTS) is 1. The molecule has 0 spiro atoms. The van der Waals surface area contributed by atoms with Crippen molar-refractivity contribution in [1.29, 1.82) is 0 Å². The van der Waals surface area contributed by atoms with Gasteiger partial charge in [-0.2, -0.15) is 13.2 Å². The fourth-order valence-corrected chi connectivity index (χ4v) is 3.97. The third kappa shape index (κ3) is 6.27. The summed E-state index contributed by atoms with van der Waals surface area (Å²) in [5.41, 5.74) is 4.29. The predicted octanol–water partition coefficient (Wildman–Crippen LogP) is 4.07. The minimum atomic E-state index is -4.88. The average Bonchev–Trinajstić information content (AvgIpc) is 3.08. The van der Waals surface area contributed by atoms with Crippen LogP contribution in [0.1, 0.15) is 36.8 Å². The van der Waals surface area contributed by atoms with E-state index in [1.54, 1.807) is 12.2 Å². The van der Waals surface area contributed by atoms with Gasteiger partial charge in [0.05, 0.1) is 6.42 Å². The van der Waals surface area contributed by atoms with Crippen LogP contribution in [0, 0.1) is 5.92 Å². The summed E-state index contributed by atoms with van der Waals surface area (Å²) in [6.07, 6.45) is -7.16. The molecule has 2 amide bonds. The number of nitrogens with one attached hydrogen (secondary N) is 2. The van der Waals surface area contributed by atoms with E-state index in [2.05, 4.69) is 5.32 Å². The van der Waals surface area contributed by atoms with E-state index in [1.807, 2.05) is 48.5 Å². The number of fused-ring (bicyclic) bond motifs is 3. The van der Waals surface area contributed by atoms with Gasteiger partial charge in [0, 0.05) is 18.9 Å². The van der Waals surface area contributed by atoms with Gasteiger partial charge in [-0.15, -0.1) is 0 Å². The summed E-state index contributed by atoms with van der Waals surface area (Å²) in [5, 5.41) is 12.8. The maximum Gasteiger partial charge on any atom is 0.409 e. The Balaban J connectivity index is 1.47. The van der Waals surface area contributed by atoms with Gasteiger partial charge in [0.1, 0.15) is 12.6 Å². The van der Waals surface area contributed by atoms with Gasteiger partial charge in [0.25, 0.3) is 0 Å². The largest absolute Gasteiger partial charge is 0.481 e. The number of aliphatic carboxylic acids is 1. The fourth-order valence-electron chi connectivity index (χ4n) is 3.97. The number of benzene rings is 2. The lowest BCUT2D eigenvalue weighted by Gasteiger charge is -2.21. The van der Waals surface area contributed by atoms with Crippen LogP contribution >= 0.6 is 0 Å². The van der Waals surface area contributed by atoms with Crippen LogP contribution in [0.15, 0.2) is 48.5 Å². The van der Waals surface area contributed by atoms with Gasteiger partial charge in [0.2, 0.25) is 5.91 Å². The fraction of sp³-hybridized carbons (Fsp3) is 0.375. The molecule has 2 unspecified atom stereocenters. The Morgan fingerprint density at radius 2 is 1.56 bits per heavy atom. The summed E-state index contributed by atoms with van der Waals surface area (Å²) in [4.78, 5) is 34.7. The number of hydrogen-bond acceptors (Lipinski definition) is 4. The lowest BCUT2D eigenvalue weighted by Crippen LogP contribution is -2.47. The van der Waals surface area contributed by atoms with Crippen molar-refractivity contribution in [2.45, 2.75) is 37.9 Å². The number of carboxylic acids is 1. The number of halogens is 3. The van der Waals surface area contributed by atoms with E-state index in [1.165, 1.54) is 0 Å². The van der Waals surface area contributed by atoms with E-state index in [0.29, 0.717) is 0 Å². The van der Waals surface area contributed by atoms with Crippen LogP contribution in [0.25, 0.3) is 11.1 Å². The number of ether oxygens (including phenoxy) is 1. The lowest BCUT2D eigenvalue weighted by molar-refractivity contribution is -0.170. The molecular formula is C24H25F3N2O5. The summed E-state index contributed by atoms with van der Waals surface area (Å²) < 4.78 is 44.0. The molecule has 0 aliphatic heterocycles. The molecule has 34 heavy (non-hydrogen) atoms. The van der Waals surface area contributed by atoms with Gasteiger partial charge >= 0.3 is 18.2 Å². The molecule has 2 atom stereocenters. The smallest absolute Gasteiger partial charge is 0.409 e. The van der Waals surface area contributed by atoms with Crippen molar-refractivity contribution in [2.75, 3.05) is 13.2 Å². The summed E-state index contributed by atoms with van der Waals surface area (Å²) in [6.45, 7) is 1.68. The summed E-state index contributed by atoms with van der Waals surface area (Å²) in [7, 11) is 0. The molecule has 0 saturated carbocycles. The highest BCUT2D eigenvalue weighted by molar-refractivity contribution is 5.79. The van der Waals surface area contributed by atoms with Crippen molar-refractivity contribution in [3.05, 3.63) is 59.7 Å². The quantitative estimate of drug-likeness (QED) is 0.504. The highest BCUT2D eigenvalue weighted by atomic mass is 19.4. The van der Waals surface area contributed by atoms with Gasteiger partial charge < -0.3 is 20.5 Å². The molecule has 1 aliphatic carbocycles. The van der Waals surface area contributed by atoms with E-state index < -0.39 is 42.5 Å². The molecule has 10 heteroatoms. The van der Waals surface area contributed by atoms with E-state index in [4.69, 9.17) is 9.84 Å². The molecule has 182 valence electrons. The van der Waals surface area contributed by atoms with E-state index in [9.17, 15) is 27.6 Å². The first-order valence-corrected chi connectivity index (χ1v) is 10.7. The van der Waals surface area contributed by atoms with E-state index in [0.717, 1.165) is 22.3 Å². The Hall–Kier alpha value is -3.56. The third-order valence-corrected chi connectivity index (χ3v) is 5.58. The normalized spacial score (nSPS) is 14.5. The van der Waals surface area contributed by atoms with Crippen LogP contribution < -0.4 is 10.6 Å². The maximum atomic E-state index is 12.9. The van der Waals surface area contributed by atoms with Crippen LogP contribution in [-0.4, -0.2) is 48.4 Å². The Morgan fingerprint density at radius 1 is 1.00 bits per heavy atom. The van der Waals surface area contributed by atoms with Crippen LogP contribution in [0.2, 0.25) is 0 Å². The minimum absolute atomic E-state index is 0.000289. The zero-order valence-electron chi connectivity index (χ0n) is 18.4. The summed E-state index contributed by atoms with van der Waals surface area (Å²) in [5.74, 6) is -3.24. The third-order valence-electron chi connectivity index (χ3n) is 5.58. The van der Waals surface area contributed by atoms with Gasteiger partial charge in [-0.05, 0) is 28.2 Å². The number of amides is 2. The number of alkyl halides is 3. The molecule has 2 aromatic rings. The molecule has 1 aliphatic rings. The van der Waals surface area contributed by atoms with Gasteiger partial charge in [0.15, 0.2) is 0 Å². The molecule has 0 heterocycles. The Bertz CT molecular complexity index is 1010. The average molecular weight is 478 g/mol. The molecule has 3 N–H and O–H groups in total. The molecule has 0 bridgehead atoms. The molecule has 0 fully saturated rings. The van der Waals surface area contributed by atoms with Crippen LogP contribution in [0.4, 0.5) is 18.0 Å². The van der Waals surface area contributed by atoms with Crippen molar-refractivity contribution in [3.8, 4) is 11.1 Å². The molecular weight excluding hydrogens is 453 g/mol. The predicted molar refractivity (Wildman–Crippen MR) is 117 cm³/mol. The number of carbonyl (C=O) groups excluding carboxylic acids is 2. The lowest BCUT2D eigenvalue weighted by atomic mass is 9.98. The van der Waals surface area contributed by atoms with Crippen molar-refractivity contribution >= 4 is 18.0 Å².